The average molecular weight is 1980 g/mol. The third-order valence-electron chi connectivity index (χ3n) is 22.5. The normalized spacial score (nSPS) is 12.0. The molecule has 0 saturated carbocycles. The predicted octanol–water partition coefficient (Wildman–Crippen LogP) is 43.1. The van der Waals surface area contributed by atoms with Crippen LogP contribution in [0.15, 0.2) is 232 Å². The lowest BCUT2D eigenvalue weighted by Crippen LogP contribution is -1.80. The maximum absolute atomic E-state index is 2.53. The maximum atomic E-state index is 2.53. The molecule has 0 unspecified atom stereocenters. The molecule has 612 valence electrons. The zero-order chi connectivity index (χ0) is 82.0. The molecule has 0 atom stereocenters. The van der Waals surface area contributed by atoms with Gasteiger partial charge in [-0.05, 0) is 235 Å². The van der Waals surface area contributed by atoms with E-state index in [4.69, 9.17) is 0 Å². The standard InChI is InChI=1S/C42H48S6.C36H18S9.C24H12S6/c1-4-7-10-13-16-28-19-22-34(43-28)37-25-31-40(46-37)32-26-38(35-23-20-29(44-35)17-14-11-8-5-2)48-42(32)33-27-39(47-41(31)33)36-24-21-30(45-36)18-15-12-9-6-3;1-4-22(37-13-1)25-7-10-28(40-25)31-16-19-34(43-31)20-17-32(29-11-8-26(41-29)23-5-2-14-38-23)45-36(20)21-18-33(44-35(19)21)30-12-9-27(42-30)24-6-3-15-39-24;1-4-16(25-7-1)19-10-13-22(28-19)14-11-20(17-5-2-8-26-17)30-24(14)15-12-21(29-23(13)15)18-6-3-9-27-18/h19-27H,4-18H2,1-3H3;1-18H;1-12H. The fourth-order valence-electron chi connectivity index (χ4n) is 16.4. The molecule has 0 spiro atoms. The number of hydrogen-bond donors (Lipinski definition) is 0. The summed E-state index contributed by atoms with van der Waals surface area (Å²) in [5.74, 6) is 0. The Labute approximate surface area is 799 Å². The van der Waals surface area contributed by atoms with E-state index >= 15 is 0 Å². The smallest absolute Gasteiger partial charge is 0.0456 e. The molecule has 3 aromatic carbocycles. The summed E-state index contributed by atoms with van der Waals surface area (Å²) in [6.45, 7) is 6.89. The molecule has 0 fully saturated rings. The second-order valence-corrected chi connectivity index (χ2v) is 52.7. The molecule has 0 N–H and O–H groups in total. The predicted molar refractivity (Wildman–Crippen MR) is 581 cm³/mol. The Balaban J connectivity index is 0.000000113. The molecule has 0 aliphatic heterocycles. The molecule has 0 amide bonds. The van der Waals surface area contributed by atoms with Crippen LogP contribution in [0.1, 0.15) is 112 Å². The molecule has 24 rings (SSSR count). The van der Waals surface area contributed by atoms with E-state index in [9.17, 15) is 0 Å². The first-order valence-electron chi connectivity index (χ1n) is 41.8. The van der Waals surface area contributed by atoms with E-state index in [1.165, 1.54) is 319 Å². The first-order chi connectivity index (χ1) is 60.7. The van der Waals surface area contributed by atoms with E-state index < -0.39 is 0 Å². The highest BCUT2D eigenvalue weighted by Crippen LogP contribution is 2.58. The van der Waals surface area contributed by atoms with Crippen LogP contribution >= 0.6 is 238 Å². The molecule has 24 aromatic rings. The average Bonchev–Trinajstić information content (AvgIpc) is 1.57. The monoisotopic (exact) mass is 1970 g/mol. The van der Waals surface area contributed by atoms with Gasteiger partial charge in [0.25, 0.3) is 0 Å². The van der Waals surface area contributed by atoms with Crippen molar-refractivity contribution in [3.8, 4) is 117 Å². The van der Waals surface area contributed by atoms with Crippen LogP contribution < -0.4 is 0 Å². The molecule has 21 heteroatoms. The summed E-state index contributed by atoms with van der Waals surface area (Å²) in [5, 5.41) is 25.8. The lowest BCUT2D eigenvalue weighted by Gasteiger charge is -1.96. The van der Waals surface area contributed by atoms with Crippen molar-refractivity contribution in [2.45, 2.75) is 117 Å². The van der Waals surface area contributed by atoms with Crippen molar-refractivity contribution in [1.82, 2.24) is 0 Å². The third-order valence-corrected chi connectivity index (χ3v) is 47.2. The van der Waals surface area contributed by atoms with Crippen molar-refractivity contribution in [2.24, 2.45) is 0 Å². The number of aryl methyl sites for hydroxylation is 3. The van der Waals surface area contributed by atoms with Gasteiger partial charge in [-0.1, -0.05) is 115 Å². The number of rotatable bonds is 27. The SMILES string of the molecule is CCCCCCc1ccc(-c2cc3c(s2)c2cc(-c4ccc(CCCCCC)s4)sc2c2cc(-c4ccc(CCCCCC)s4)sc32)s1.c1csc(-c2cc3c(s2)c2cc(-c4cccs4)sc2c2cc(-c4cccs4)sc32)c1.c1csc(-c2ccc(-c3cc4c(s3)c3cc(-c5ccc(-c6cccs6)s5)sc3c3cc(-c5ccc(-c6cccs6)s5)sc43)s2)c1. The van der Waals surface area contributed by atoms with Crippen molar-refractivity contribution >= 4 is 329 Å². The van der Waals surface area contributed by atoms with Gasteiger partial charge in [0.2, 0.25) is 0 Å². The first-order valence-corrected chi connectivity index (χ1v) is 59.4. The van der Waals surface area contributed by atoms with Gasteiger partial charge in [0.15, 0.2) is 0 Å². The van der Waals surface area contributed by atoms with Crippen molar-refractivity contribution in [3.05, 3.63) is 247 Å². The minimum absolute atomic E-state index is 1.22. The number of hydrogen-bond acceptors (Lipinski definition) is 21. The Bertz CT molecular complexity index is 6680. The second-order valence-electron chi connectivity index (χ2n) is 30.8. The molecule has 0 aliphatic carbocycles. The van der Waals surface area contributed by atoms with Crippen LogP contribution in [0, 0.1) is 0 Å². The molecule has 0 saturated heterocycles. The fourth-order valence-corrected chi connectivity index (χ4v) is 39.3. The Hall–Kier alpha value is -6.30. The molecular weight excluding hydrogens is 1900 g/mol. The van der Waals surface area contributed by atoms with Crippen LogP contribution in [-0.2, 0) is 19.3 Å². The highest BCUT2D eigenvalue weighted by Gasteiger charge is 2.26. The van der Waals surface area contributed by atoms with Crippen LogP contribution in [0.2, 0.25) is 0 Å². The molecule has 0 aliphatic rings. The molecule has 123 heavy (non-hydrogen) atoms. The summed E-state index contributed by atoms with van der Waals surface area (Å²) in [4.78, 5) is 37.7. The Morgan fingerprint density at radius 3 is 0.512 bits per heavy atom. The summed E-state index contributed by atoms with van der Waals surface area (Å²) >= 11 is 40.5. The van der Waals surface area contributed by atoms with Gasteiger partial charge in [-0.15, -0.1) is 238 Å². The Morgan fingerprint density at radius 2 is 0.325 bits per heavy atom. The number of unbranched alkanes of at least 4 members (excludes halogenated alkanes) is 9. The van der Waals surface area contributed by atoms with E-state index in [2.05, 4.69) is 253 Å². The summed E-state index contributed by atoms with van der Waals surface area (Å²) in [6, 6.07) is 76.6. The molecule has 0 radical (unpaired) electrons. The van der Waals surface area contributed by atoms with E-state index in [-0.39, 0.29) is 0 Å². The summed E-state index contributed by atoms with van der Waals surface area (Å²) in [5.41, 5.74) is 0. The second kappa shape index (κ2) is 36.7. The maximum Gasteiger partial charge on any atom is 0.0456 e. The van der Waals surface area contributed by atoms with Crippen molar-refractivity contribution < 1.29 is 0 Å². The van der Waals surface area contributed by atoms with Gasteiger partial charge in [0.1, 0.15) is 0 Å². The van der Waals surface area contributed by atoms with Crippen molar-refractivity contribution in [3.63, 3.8) is 0 Å². The van der Waals surface area contributed by atoms with Crippen LogP contribution in [0.4, 0.5) is 0 Å². The van der Waals surface area contributed by atoms with Gasteiger partial charge in [-0.2, -0.15) is 0 Å². The highest BCUT2D eigenvalue weighted by atomic mass is 32.2. The quantitative estimate of drug-likeness (QED) is 0.0450. The van der Waals surface area contributed by atoms with Gasteiger partial charge in [-0.25, -0.2) is 0 Å². The van der Waals surface area contributed by atoms with Crippen molar-refractivity contribution in [1.29, 1.82) is 0 Å². The fraction of sp³-hybridized carbons (Fsp3) is 0.176. The Kier molecular flexibility index (Phi) is 24.6. The lowest BCUT2D eigenvalue weighted by atomic mass is 10.1. The van der Waals surface area contributed by atoms with Crippen LogP contribution in [0.3, 0.4) is 0 Å². The van der Waals surface area contributed by atoms with E-state index in [1.807, 2.05) is 238 Å². The third kappa shape index (κ3) is 16.7. The van der Waals surface area contributed by atoms with Crippen LogP contribution in [-0.4, -0.2) is 0 Å². The molecular formula is C102H78S21. The van der Waals surface area contributed by atoms with E-state index in [0.29, 0.717) is 0 Å². The van der Waals surface area contributed by atoms with Gasteiger partial charge < -0.3 is 0 Å². The molecule has 0 nitrogen and oxygen atoms in total. The minimum Gasteiger partial charge on any atom is -0.143 e. The minimum atomic E-state index is 1.22. The summed E-state index contributed by atoms with van der Waals surface area (Å²) < 4.78 is 12.9. The summed E-state index contributed by atoms with van der Waals surface area (Å²) in [6.07, 6.45) is 19.6. The number of benzene rings is 3. The zero-order valence-electron chi connectivity index (χ0n) is 67.2. The van der Waals surface area contributed by atoms with Gasteiger partial charge in [-0.3, -0.25) is 0 Å². The topological polar surface area (TPSA) is 0 Å². The number of thiophene rings is 21. The lowest BCUT2D eigenvalue weighted by molar-refractivity contribution is 0.670. The highest BCUT2D eigenvalue weighted by molar-refractivity contribution is 7.36. The molecule has 21 aromatic heterocycles. The van der Waals surface area contributed by atoms with E-state index in [1.54, 1.807) is 0 Å². The van der Waals surface area contributed by atoms with Gasteiger partial charge in [0, 0.05) is 222 Å². The first kappa shape index (κ1) is 82.4. The summed E-state index contributed by atoms with van der Waals surface area (Å²) in [7, 11) is 0. The largest absolute Gasteiger partial charge is 0.143 e. The zero-order valence-corrected chi connectivity index (χ0v) is 84.3. The Morgan fingerprint density at radius 1 is 0.154 bits per heavy atom. The number of fused-ring (bicyclic) bond motifs is 18. The molecule has 21 heterocycles. The van der Waals surface area contributed by atoms with Crippen LogP contribution in [0.25, 0.3) is 208 Å². The van der Waals surface area contributed by atoms with Crippen LogP contribution in [0.5, 0.6) is 0 Å². The van der Waals surface area contributed by atoms with Gasteiger partial charge in [0.05, 0.1) is 0 Å². The van der Waals surface area contributed by atoms with Gasteiger partial charge >= 0.3 is 0 Å². The van der Waals surface area contributed by atoms with E-state index in [0.717, 1.165) is 0 Å². The van der Waals surface area contributed by atoms with Crippen molar-refractivity contribution in [2.75, 3.05) is 0 Å². The molecule has 0 bridgehead atoms.